The van der Waals surface area contributed by atoms with Crippen molar-refractivity contribution >= 4 is 17.5 Å². The molecule has 4 nitrogen and oxygen atoms in total. The summed E-state index contributed by atoms with van der Waals surface area (Å²) in [6, 6.07) is 6.88. The lowest BCUT2D eigenvalue weighted by Gasteiger charge is -2.32. The predicted molar refractivity (Wildman–Crippen MR) is 94.2 cm³/mol. The Morgan fingerprint density at radius 3 is 2.74 bits per heavy atom. The molecule has 3 rings (SSSR count). The van der Waals surface area contributed by atoms with Gasteiger partial charge in [0, 0.05) is 18.3 Å². The van der Waals surface area contributed by atoms with Crippen molar-refractivity contribution < 1.29 is 9.53 Å². The summed E-state index contributed by atoms with van der Waals surface area (Å²) >= 11 is 0. The van der Waals surface area contributed by atoms with Crippen LogP contribution >= 0.6 is 0 Å². The Balaban J connectivity index is 1.79. The molecule has 1 aliphatic carbocycles. The molecule has 0 radical (unpaired) electrons. The van der Waals surface area contributed by atoms with Gasteiger partial charge in [-0.05, 0) is 77.0 Å². The smallest absolute Gasteiger partial charge is 0.414 e. The lowest BCUT2D eigenvalue weighted by molar-refractivity contribution is 0.0578. The maximum absolute atomic E-state index is 12.5. The first-order chi connectivity index (χ1) is 10.8. The van der Waals surface area contributed by atoms with Crippen molar-refractivity contribution in [3.63, 3.8) is 0 Å². The van der Waals surface area contributed by atoms with Gasteiger partial charge in [0.05, 0.1) is 5.69 Å². The topological polar surface area (TPSA) is 41.6 Å². The molecule has 1 aromatic carbocycles. The van der Waals surface area contributed by atoms with Gasteiger partial charge < -0.3 is 10.1 Å². The quantitative estimate of drug-likeness (QED) is 0.887. The number of anilines is 2. The average Bonchev–Trinajstić information content (AvgIpc) is 3.29. The fraction of sp³-hybridized carbons (Fsp3) is 0.632. The first-order valence-electron chi connectivity index (χ1n) is 8.73. The van der Waals surface area contributed by atoms with Gasteiger partial charge in [-0.3, -0.25) is 4.90 Å². The van der Waals surface area contributed by atoms with Gasteiger partial charge in [-0.1, -0.05) is 6.07 Å². The van der Waals surface area contributed by atoms with Gasteiger partial charge >= 0.3 is 6.09 Å². The third kappa shape index (κ3) is 3.98. The fourth-order valence-electron chi connectivity index (χ4n) is 3.15. The highest BCUT2D eigenvalue weighted by Crippen LogP contribution is 2.36. The molecule has 1 unspecified atom stereocenters. The van der Waals surface area contributed by atoms with E-state index in [0.717, 1.165) is 36.7 Å². The molecule has 126 valence electrons. The van der Waals surface area contributed by atoms with E-state index in [2.05, 4.69) is 30.4 Å². The van der Waals surface area contributed by atoms with E-state index in [1.54, 1.807) is 4.90 Å². The Bertz CT molecular complexity index is 588. The summed E-state index contributed by atoms with van der Waals surface area (Å²) < 4.78 is 5.57. The number of hydrogen-bond acceptors (Lipinski definition) is 3. The fourth-order valence-corrected chi connectivity index (χ4v) is 3.15. The van der Waals surface area contributed by atoms with E-state index >= 15 is 0 Å². The zero-order valence-electron chi connectivity index (χ0n) is 14.7. The number of nitrogens with one attached hydrogen (secondary N) is 1. The van der Waals surface area contributed by atoms with Crippen LogP contribution in [-0.4, -0.2) is 24.3 Å². The third-order valence-electron chi connectivity index (χ3n) is 4.54. The second-order valence-electron chi connectivity index (χ2n) is 7.85. The maximum Gasteiger partial charge on any atom is 0.414 e. The number of aryl methyl sites for hydroxylation is 1. The molecule has 1 atom stereocenters. The number of carbonyl (C=O) groups is 1. The number of carbonyl (C=O) groups excluding carboxylic acids is 1. The monoisotopic (exact) mass is 316 g/mol. The van der Waals surface area contributed by atoms with E-state index in [1.807, 2.05) is 20.8 Å². The minimum Gasteiger partial charge on any atom is -0.443 e. The zero-order chi connectivity index (χ0) is 16.6. The molecule has 1 N–H and O–H groups in total. The minimum atomic E-state index is -0.467. The number of rotatable bonds is 3. The summed E-state index contributed by atoms with van der Waals surface area (Å²) in [4.78, 5) is 14.3. The van der Waals surface area contributed by atoms with E-state index in [4.69, 9.17) is 4.74 Å². The summed E-state index contributed by atoms with van der Waals surface area (Å²) in [5, 5.41) is 3.58. The molecule has 1 saturated carbocycles. The minimum absolute atomic E-state index is 0.245. The van der Waals surface area contributed by atoms with Crippen LogP contribution in [0.3, 0.4) is 0 Å². The second kappa shape index (κ2) is 6.06. The number of hydrogen-bond donors (Lipinski definition) is 1. The Morgan fingerprint density at radius 1 is 1.35 bits per heavy atom. The molecule has 0 spiro atoms. The summed E-state index contributed by atoms with van der Waals surface area (Å²) in [6.07, 6.45) is 4.41. The molecule has 1 aliphatic heterocycles. The van der Waals surface area contributed by atoms with Crippen LogP contribution in [-0.2, 0) is 11.2 Å². The van der Waals surface area contributed by atoms with Crippen LogP contribution in [0.25, 0.3) is 0 Å². The summed E-state index contributed by atoms with van der Waals surface area (Å²) in [7, 11) is 0. The number of benzene rings is 1. The van der Waals surface area contributed by atoms with E-state index < -0.39 is 5.60 Å². The van der Waals surface area contributed by atoms with Crippen molar-refractivity contribution in [3.8, 4) is 0 Å². The first-order valence-corrected chi connectivity index (χ1v) is 8.73. The molecule has 1 fully saturated rings. The van der Waals surface area contributed by atoms with Crippen molar-refractivity contribution in [2.24, 2.45) is 5.92 Å². The zero-order valence-corrected chi connectivity index (χ0v) is 14.7. The van der Waals surface area contributed by atoms with Gasteiger partial charge in [-0.15, -0.1) is 0 Å². The number of nitrogens with zero attached hydrogens (tertiary/aromatic N) is 1. The summed E-state index contributed by atoms with van der Waals surface area (Å²) in [6.45, 7) is 8.69. The van der Waals surface area contributed by atoms with Crippen molar-refractivity contribution in [2.75, 3.05) is 16.8 Å². The largest absolute Gasteiger partial charge is 0.443 e. The van der Waals surface area contributed by atoms with E-state index in [1.165, 1.54) is 18.4 Å². The van der Waals surface area contributed by atoms with Gasteiger partial charge in [0.25, 0.3) is 0 Å². The molecule has 4 heteroatoms. The number of ether oxygens (including phenoxy) is 1. The molecule has 0 saturated heterocycles. The Kier molecular flexibility index (Phi) is 4.26. The van der Waals surface area contributed by atoms with Gasteiger partial charge in [-0.25, -0.2) is 4.79 Å². The molecule has 1 aromatic rings. The molecular weight excluding hydrogens is 288 g/mol. The Hall–Kier alpha value is -1.71. The standard InChI is InChI=1S/C19H28N2O2/c1-13(14-7-8-14)20-16-10-9-15-6-5-11-21(17(15)12-16)18(22)23-19(2,3)4/h9-10,12-14,20H,5-8,11H2,1-4H3. The van der Waals surface area contributed by atoms with Gasteiger partial charge in [-0.2, -0.15) is 0 Å². The Morgan fingerprint density at radius 2 is 2.09 bits per heavy atom. The highest BCUT2D eigenvalue weighted by atomic mass is 16.6. The summed E-state index contributed by atoms with van der Waals surface area (Å²) in [5.41, 5.74) is 2.86. The van der Waals surface area contributed by atoms with Crippen LogP contribution < -0.4 is 10.2 Å². The van der Waals surface area contributed by atoms with Gasteiger partial charge in [0.2, 0.25) is 0 Å². The van der Waals surface area contributed by atoms with E-state index in [9.17, 15) is 4.79 Å². The summed E-state index contributed by atoms with van der Waals surface area (Å²) in [5.74, 6) is 0.799. The van der Waals surface area contributed by atoms with Crippen LogP contribution in [0.4, 0.5) is 16.2 Å². The van der Waals surface area contributed by atoms with Crippen LogP contribution in [0.15, 0.2) is 18.2 Å². The van der Waals surface area contributed by atoms with Crippen LogP contribution in [0, 0.1) is 5.92 Å². The van der Waals surface area contributed by atoms with E-state index in [-0.39, 0.29) is 6.09 Å². The SMILES string of the molecule is CC(Nc1ccc2c(c1)N(C(=O)OC(C)(C)C)CCC2)C1CC1. The molecule has 2 aliphatic rings. The van der Waals surface area contributed by atoms with Gasteiger partial charge in [0.1, 0.15) is 5.60 Å². The highest BCUT2D eigenvalue weighted by Gasteiger charge is 2.29. The molecular formula is C19H28N2O2. The molecule has 23 heavy (non-hydrogen) atoms. The highest BCUT2D eigenvalue weighted by molar-refractivity contribution is 5.90. The van der Waals surface area contributed by atoms with Crippen molar-refractivity contribution in [3.05, 3.63) is 23.8 Å². The molecule has 0 bridgehead atoms. The molecule has 1 heterocycles. The average molecular weight is 316 g/mol. The van der Waals surface area contributed by atoms with Crippen molar-refractivity contribution in [1.82, 2.24) is 0 Å². The normalized spacial score (nSPS) is 19.0. The van der Waals surface area contributed by atoms with Crippen LogP contribution in [0.2, 0.25) is 0 Å². The maximum atomic E-state index is 12.5. The van der Waals surface area contributed by atoms with Gasteiger partial charge in [0.15, 0.2) is 0 Å². The lowest BCUT2D eigenvalue weighted by atomic mass is 10.0. The van der Waals surface area contributed by atoms with Crippen molar-refractivity contribution in [2.45, 2.75) is 65.0 Å². The van der Waals surface area contributed by atoms with Crippen LogP contribution in [0.1, 0.15) is 52.5 Å². The van der Waals surface area contributed by atoms with E-state index in [0.29, 0.717) is 6.04 Å². The number of amides is 1. The molecule has 1 amide bonds. The van der Waals surface area contributed by atoms with Crippen LogP contribution in [0.5, 0.6) is 0 Å². The second-order valence-corrected chi connectivity index (χ2v) is 7.85. The predicted octanol–water partition coefficient (Wildman–Crippen LogP) is 4.58. The first kappa shape index (κ1) is 16.2. The third-order valence-corrected chi connectivity index (χ3v) is 4.54. The number of fused-ring (bicyclic) bond motifs is 1. The van der Waals surface area contributed by atoms with Crippen molar-refractivity contribution in [1.29, 1.82) is 0 Å². The lowest BCUT2D eigenvalue weighted by Crippen LogP contribution is -2.39. The molecule has 0 aromatic heterocycles. The Labute approximate surface area is 139 Å².